The summed E-state index contributed by atoms with van der Waals surface area (Å²) in [6.45, 7) is 6.70. The number of carboxylic acids is 1. The molecule has 116 valence electrons. The first-order valence-electron chi connectivity index (χ1n) is 7.39. The summed E-state index contributed by atoms with van der Waals surface area (Å²) in [7, 11) is 1.56. The number of carboxylic acid groups (broad SMARTS) is 1. The maximum atomic E-state index is 11.3. The molecule has 1 N–H and O–H groups in total. The van der Waals surface area contributed by atoms with Gasteiger partial charge in [0.1, 0.15) is 17.1 Å². The fourth-order valence-electron chi connectivity index (χ4n) is 3.43. The van der Waals surface area contributed by atoms with Crippen LogP contribution in [0.1, 0.15) is 50.4 Å². The maximum absolute atomic E-state index is 11.3. The van der Waals surface area contributed by atoms with E-state index >= 15 is 0 Å². The van der Waals surface area contributed by atoms with Crippen molar-refractivity contribution in [2.75, 3.05) is 7.11 Å². The Morgan fingerprint density at radius 1 is 1.33 bits per heavy atom. The van der Waals surface area contributed by atoms with Gasteiger partial charge in [-0.3, -0.25) is 0 Å². The van der Waals surface area contributed by atoms with Crippen LogP contribution in [-0.2, 0) is 0 Å². The highest BCUT2D eigenvalue weighted by molar-refractivity contribution is 5.91. The molecule has 0 radical (unpaired) electrons. The molecule has 0 amide bonds. The average Bonchev–Trinajstić information content (AvgIpc) is 2.35. The number of ether oxygens (including phenoxy) is 2. The van der Waals surface area contributed by atoms with E-state index in [4.69, 9.17) is 9.47 Å². The van der Waals surface area contributed by atoms with Crippen molar-refractivity contribution in [1.82, 2.24) is 0 Å². The predicted molar refractivity (Wildman–Crippen MR) is 81.2 cm³/mol. The second kappa shape index (κ2) is 5.96. The molecule has 0 bridgehead atoms. The molecule has 4 nitrogen and oxygen atoms in total. The number of methoxy groups -OCH3 is 1. The smallest absolute Gasteiger partial charge is 0.339 e. The van der Waals surface area contributed by atoms with Crippen LogP contribution in [-0.4, -0.2) is 24.3 Å². The average molecular weight is 292 g/mol. The molecular weight excluding hydrogens is 268 g/mol. The number of rotatable bonds is 4. The first kappa shape index (κ1) is 15.7. The summed E-state index contributed by atoms with van der Waals surface area (Å²) in [5, 5.41) is 9.29. The molecule has 4 heteroatoms. The number of carbonyl (C=O) groups is 1. The summed E-state index contributed by atoms with van der Waals surface area (Å²) in [6, 6.07) is 4.84. The van der Waals surface area contributed by atoms with E-state index < -0.39 is 5.97 Å². The summed E-state index contributed by atoms with van der Waals surface area (Å²) in [6.07, 6.45) is 3.12. The van der Waals surface area contributed by atoms with Gasteiger partial charge < -0.3 is 14.6 Å². The maximum Gasteiger partial charge on any atom is 0.339 e. The summed E-state index contributed by atoms with van der Waals surface area (Å²) in [5.74, 6) is 0.614. The SMILES string of the molecule is COc1ccc(C(=O)O)c(OC2CC(C)CC(C)(C)C2)c1. The van der Waals surface area contributed by atoms with Crippen LogP contribution >= 0.6 is 0 Å². The molecule has 2 unspecified atom stereocenters. The third-order valence-corrected chi connectivity index (χ3v) is 4.06. The topological polar surface area (TPSA) is 55.8 Å². The molecular formula is C17H24O4. The molecule has 0 spiro atoms. The molecule has 1 aromatic carbocycles. The van der Waals surface area contributed by atoms with Gasteiger partial charge in [0.15, 0.2) is 0 Å². The standard InChI is InChI=1S/C17H24O4/c1-11-7-13(10-17(2,3)9-11)21-15-8-12(20-4)5-6-14(15)16(18)19/h5-6,8,11,13H,7,9-10H2,1-4H3,(H,18,19). The Labute approximate surface area is 126 Å². The van der Waals surface area contributed by atoms with E-state index in [9.17, 15) is 9.90 Å². The van der Waals surface area contributed by atoms with Crippen LogP contribution in [0.3, 0.4) is 0 Å². The van der Waals surface area contributed by atoms with Gasteiger partial charge >= 0.3 is 5.97 Å². The fourth-order valence-corrected chi connectivity index (χ4v) is 3.43. The van der Waals surface area contributed by atoms with E-state index in [2.05, 4.69) is 20.8 Å². The highest BCUT2D eigenvalue weighted by Gasteiger charge is 2.33. The number of hydrogen-bond donors (Lipinski definition) is 1. The molecule has 0 heterocycles. The molecule has 0 saturated heterocycles. The Morgan fingerprint density at radius 3 is 2.62 bits per heavy atom. The van der Waals surface area contributed by atoms with Crippen LogP contribution in [0.15, 0.2) is 18.2 Å². The van der Waals surface area contributed by atoms with Crippen LogP contribution in [0.5, 0.6) is 11.5 Å². The van der Waals surface area contributed by atoms with Crippen LogP contribution in [0.25, 0.3) is 0 Å². The van der Waals surface area contributed by atoms with E-state index in [0.29, 0.717) is 17.4 Å². The van der Waals surface area contributed by atoms with Gasteiger partial charge in [0.25, 0.3) is 0 Å². The largest absolute Gasteiger partial charge is 0.497 e. The third-order valence-electron chi connectivity index (χ3n) is 4.06. The van der Waals surface area contributed by atoms with Crippen LogP contribution < -0.4 is 9.47 Å². The first-order chi connectivity index (χ1) is 9.80. The van der Waals surface area contributed by atoms with E-state index in [1.165, 1.54) is 12.5 Å². The van der Waals surface area contributed by atoms with E-state index in [-0.39, 0.29) is 17.1 Å². The van der Waals surface area contributed by atoms with Gasteiger partial charge in [-0.15, -0.1) is 0 Å². The second-order valence-corrected chi connectivity index (χ2v) is 6.82. The van der Waals surface area contributed by atoms with Crippen molar-refractivity contribution in [3.05, 3.63) is 23.8 Å². The van der Waals surface area contributed by atoms with E-state index in [1.807, 2.05) is 0 Å². The minimum atomic E-state index is -0.976. The number of benzene rings is 1. The van der Waals surface area contributed by atoms with Gasteiger partial charge in [-0.1, -0.05) is 20.8 Å². The second-order valence-electron chi connectivity index (χ2n) is 6.82. The van der Waals surface area contributed by atoms with Crippen molar-refractivity contribution in [2.45, 2.75) is 46.1 Å². The highest BCUT2D eigenvalue weighted by Crippen LogP contribution is 2.40. The minimum Gasteiger partial charge on any atom is -0.497 e. The highest BCUT2D eigenvalue weighted by atomic mass is 16.5. The van der Waals surface area contributed by atoms with Crippen LogP contribution in [0, 0.1) is 11.3 Å². The lowest BCUT2D eigenvalue weighted by atomic mass is 9.71. The molecule has 1 aliphatic rings. The first-order valence-corrected chi connectivity index (χ1v) is 7.39. The summed E-state index contributed by atoms with van der Waals surface area (Å²) in [5.41, 5.74) is 0.414. The Kier molecular flexibility index (Phi) is 4.45. The molecule has 0 aromatic heterocycles. The van der Waals surface area contributed by atoms with Gasteiger partial charge in [-0.2, -0.15) is 0 Å². The van der Waals surface area contributed by atoms with Gasteiger partial charge in [0, 0.05) is 6.07 Å². The summed E-state index contributed by atoms with van der Waals surface area (Å²) >= 11 is 0. The van der Waals surface area contributed by atoms with Crippen LogP contribution in [0.2, 0.25) is 0 Å². The predicted octanol–water partition coefficient (Wildman–Crippen LogP) is 3.99. The molecule has 2 atom stereocenters. The Balaban J connectivity index is 2.23. The zero-order valence-electron chi connectivity index (χ0n) is 13.2. The fraction of sp³-hybridized carbons (Fsp3) is 0.588. The molecule has 1 fully saturated rings. The van der Waals surface area contributed by atoms with E-state index in [0.717, 1.165) is 12.8 Å². The monoisotopic (exact) mass is 292 g/mol. The Morgan fingerprint density at radius 2 is 2.05 bits per heavy atom. The number of hydrogen-bond acceptors (Lipinski definition) is 3. The molecule has 1 aliphatic carbocycles. The van der Waals surface area contributed by atoms with Crippen molar-refractivity contribution in [2.24, 2.45) is 11.3 Å². The molecule has 1 aromatic rings. The molecule has 21 heavy (non-hydrogen) atoms. The summed E-state index contributed by atoms with van der Waals surface area (Å²) in [4.78, 5) is 11.3. The van der Waals surface area contributed by atoms with Gasteiger partial charge in [0.05, 0.1) is 13.2 Å². The van der Waals surface area contributed by atoms with Gasteiger partial charge in [0.2, 0.25) is 0 Å². The Hall–Kier alpha value is -1.71. The normalized spacial score (nSPS) is 24.4. The van der Waals surface area contributed by atoms with Crippen molar-refractivity contribution >= 4 is 5.97 Å². The molecule has 0 aliphatic heterocycles. The van der Waals surface area contributed by atoms with Gasteiger partial charge in [-0.25, -0.2) is 4.79 Å². The van der Waals surface area contributed by atoms with Crippen LogP contribution in [0.4, 0.5) is 0 Å². The molecule has 2 rings (SSSR count). The van der Waals surface area contributed by atoms with Crippen molar-refractivity contribution in [3.8, 4) is 11.5 Å². The minimum absolute atomic E-state index is 0.0500. The summed E-state index contributed by atoms with van der Waals surface area (Å²) < 4.78 is 11.2. The number of aromatic carboxylic acids is 1. The molecule has 1 saturated carbocycles. The quantitative estimate of drug-likeness (QED) is 0.911. The Bertz CT molecular complexity index is 522. The van der Waals surface area contributed by atoms with E-state index in [1.54, 1.807) is 19.2 Å². The zero-order chi connectivity index (χ0) is 15.6. The lowest BCUT2D eigenvalue weighted by Crippen LogP contribution is -2.34. The lowest BCUT2D eigenvalue weighted by Gasteiger charge is -2.39. The third kappa shape index (κ3) is 3.90. The lowest BCUT2D eigenvalue weighted by molar-refractivity contribution is 0.0531. The zero-order valence-corrected chi connectivity index (χ0v) is 13.2. The van der Waals surface area contributed by atoms with Crippen molar-refractivity contribution in [3.63, 3.8) is 0 Å². The van der Waals surface area contributed by atoms with Crippen molar-refractivity contribution < 1.29 is 19.4 Å². The van der Waals surface area contributed by atoms with Gasteiger partial charge in [-0.05, 0) is 42.7 Å². The van der Waals surface area contributed by atoms with Crippen molar-refractivity contribution in [1.29, 1.82) is 0 Å².